The molecule has 96 valence electrons. The lowest BCUT2D eigenvalue weighted by Crippen LogP contribution is -2.21. The second kappa shape index (κ2) is 5.57. The van der Waals surface area contributed by atoms with E-state index in [1.807, 2.05) is 0 Å². The number of nitrogens with two attached hydrogens (primary N) is 1. The smallest absolute Gasteiger partial charge is 0.0354 e. The summed E-state index contributed by atoms with van der Waals surface area (Å²) in [6, 6.07) is 4.18. The van der Waals surface area contributed by atoms with Crippen LogP contribution in [0.1, 0.15) is 63.1 Å². The Balaban J connectivity index is 3.01. The number of hydrogen-bond donors (Lipinski definition) is 1. The number of nitrogen functional groups attached to an aromatic ring is 1. The first-order chi connectivity index (χ1) is 7.90. The molecule has 0 aromatic heterocycles. The molecule has 0 heterocycles. The van der Waals surface area contributed by atoms with Gasteiger partial charge in [0.05, 0.1) is 0 Å². The van der Waals surface area contributed by atoms with Crippen LogP contribution < -0.4 is 5.73 Å². The minimum Gasteiger partial charge on any atom is -0.398 e. The molecule has 0 aliphatic rings. The van der Waals surface area contributed by atoms with Crippen molar-refractivity contribution in [1.82, 2.24) is 0 Å². The topological polar surface area (TPSA) is 26.0 Å². The first-order valence-corrected chi connectivity index (χ1v) is 6.76. The molecule has 0 saturated carbocycles. The second-order valence-electron chi connectivity index (χ2n) is 5.81. The van der Waals surface area contributed by atoms with Gasteiger partial charge in [-0.15, -0.1) is 0 Å². The van der Waals surface area contributed by atoms with Crippen LogP contribution in [-0.2, 0) is 5.41 Å². The number of anilines is 1. The zero-order valence-corrected chi connectivity index (χ0v) is 12.1. The third-order valence-electron chi connectivity index (χ3n) is 3.85. The van der Waals surface area contributed by atoms with E-state index < -0.39 is 0 Å². The summed E-state index contributed by atoms with van der Waals surface area (Å²) in [6.45, 7) is 11.3. The Morgan fingerprint density at radius 3 is 2.35 bits per heavy atom. The largest absolute Gasteiger partial charge is 0.398 e. The van der Waals surface area contributed by atoms with E-state index in [9.17, 15) is 0 Å². The van der Waals surface area contributed by atoms with Crippen LogP contribution in [-0.4, -0.2) is 0 Å². The Bertz CT molecular complexity index is 377. The van der Waals surface area contributed by atoms with Crippen LogP contribution in [0, 0.1) is 13.8 Å². The van der Waals surface area contributed by atoms with Crippen molar-refractivity contribution >= 4 is 5.69 Å². The molecule has 1 heteroatoms. The summed E-state index contributed by atoms with van der Waals surface area (Å²) in [5, 5.41) is 0. The molecule has 0 atom stereocenters. The van der Waals surface area contributed by atoms with Gasteiger partial charge in [-0.25, -0.2) is 0 Å². The molecule has 2 N–H and O–H groups in total. The van der Waals surface area contributed by atoms with Crippen LogP contribution in [0.5, 0.6) is 0 Å². The number of unbranched alkanes of at least 4 members (excludes halogenated alkanes) is 2. The maximum atomic E-state index is 6.18. The van der Waals surface area contributed by atoms with Gasteiger partial charge in [-0.3, -0.25) is 0 Å². The summed E-state index contributed by atoms with van der Waals surface area (Å²) in [5.74, 6) is 0. The predicted molar refractivity (Wildman–Crippen MR) is 77.5 cm³/mol. The fraction of sp³-hybridized carbons (Fsp3) is 0.625. The van der Waals surface area contributed by atoms with Crippen LogP contribution in [0.4, 0.5) is 5.69 Å². The molecule has 0 bridgehead atoms. The van der Waals surface area contributed by atoms with Crippen LogP contribution in [0.2, 0.25) is 0 Å². The highest BCUT2D eigenvalue weighted by molar-refractivity contribution is 5.56. The van der Waals surface area contributed by atoms with Gasteiger partial charge in [0.1, 0.15) is 0 Å². The van der Waals surface area contributed by atoms with Crippen molar-refractivity contribution in [3.8, 4) is 0 Å². The SMILES string of the molecule is CCCCCC(C)(C)c1c(N)ccc(C)c1C. The van der Waals surface area contributed by atoms with E-state index in [4.69, 9.17) is 5.73 Å². The molecule has 0 unspecified atom stereocenters. The zero-order valence-electron chi connectivity index (χ0n) is 12.1. The van der Waals surface area contributed by atoms with Crippen molar-refractivity contribution in [3.63, 3.8) is 0 Å². The Kier molecular flexibility index (Phi) is 4.62. The predicted octanol–water partition coefficient (Wildman–Crippen LogP) is 4.74. The molecule has 0 amide bonds. The van der Waals surface area contributed by atoms with E-state index in [-0.39, 0.29) is 5.41 Å². The van der Waals surface area contributed by atoms with Crippen molar-refractivity contribution < 1.29 is 0 Å². The summed E-state index contributed by atoms with van der Waals surface area (Å²) in [4.78, 5) is 0. The van der Waals surface area contributed by atoms with Gasteiger partial charge in [-0.2, -0.15) is 0 Å². The minimum absolute atomic E-state index is 0.190. The van der Waals surface area contributed by atoms with Crippen molar-refractivity contribution in [2.45, 2.75) is 65.7 Å². The average Bonchev–Trinajstić information content (AvgIpc) is 2.24. The minimum atomic E-state index is 0.190. The van der Waals surface area contributed by atoms with Gasteiger partial charge >= 0.3 is 0 Å². The summed E-state index contributed by atoms with van der Waals surface area (Å²) in [7, 11) is 0. The monoisotopic (exact) mass is 233 g/mol. The van der Waals surface area contributed by atoms with Crippen molar-refractivity contribution in [3.05, 3.63) is 28.8 Å². The molecule has 0 saturated heterocycles. The van der Waals surface area contributed by atoms with Crippen LogP contribution >= 0.6 is 0 Å². The molecule has 0 radical (unpaired) electrons. The summed E-state index contributed by atoms with van der Waals surface area (Å²) >= 11 is 0. The average molecular weight is 233 g/mol. The Hall–Kier alpha value is -0.980. The molecular formula is C16H27N. The van der Waals surface area contributed by atoms with E-state index in [0.29, 0.717) is 0 Å². The molecular weight excluding hydrogens is 206 g/mol. The molecule has 1 nitrogen and oxygen atoms in total. The van der Waals surface area contributed by atoms with Crippen LogP contribution in [0.15, 0.2) is 12.1 Å². The Labute approximate surface area is 106 Å². The maximum absolute atomic E-state index is 6.18. The normalized spacial score (nSPS) is 11.8. The molecule has 1 aromatic carbocycles. The zero-order chi connectivity index (χ0) is 13.1. The van der Waals surface area contributed by atoms with Gasteiger partial charge in [0.25, 0.3) is 0 Å². The number of aryl methyl sites for hydroxylation is 1. The third-order valence-corrected chi connectivity index (χ3v) is 3.85. The molecule has 0 aliphatic carbocycles. The first-order valence-electron chi connectivity index (χ1n) is 6.76. The summed E-state index contributed by atoms with van der Waals surface area (Å²) in [5.41, 5.74) is 11.4. The van der Waals surface area contributed by atoms with Gasteiger partial charge in [0, 0.05) is 5.69 Å². The Morgan fingerprint density at radius 2 is 1.76 bits per heavy atom. The number of hydrogen-bond acceptors (Lipinski definition) is 1. The van der Waals surface area contributed by atoms with Gasteiger partial charge in [-0.05, 0) is 48.4 Å². The molecule has 0 spiro atoms. The van der Waals surface area contributed by atoms with Crippen molar-refractivity contribution in [2.75, 3.05) is 5.73 Å². The molecule has 1 rings (SSSR count). The molecule has 17 heavy (non-hydrogen) atoms. The summed E-state index contributed by atoms with van der Waals surface area (Å²) < 4.78 is 0. The van der Waals surface area contributed by atoms with Crippen LogP contribution in [0.25, 0.3) is 0 Å². The van der Waals surface area contributed by atoms with E-state index in [1.54, 1.807) is 0 Å². The Morgan fingerprint density at radius 1 is 1.12 bits per heavy atom. The van der Waals surface area contributed by atoms with Gasteiger partial charge in [-0.1, -0.05) is 46.1 Å². The maximum Gasteiger partial charge on any atom is 0.0354 e. The number of rotatable bonds is 5. The fourth-order valence-corrected chi connectivity index (χ4v) is 2.68. The summed E-state index contributed by atoms with van der Waals surface area (Å²) in [6.07, 6.45) is 5.10. The lowest BCUT2D eigenvalue weighted by atomic mass is 9.76. The van der Waals surface area contributed by atoms with E-state index >= 15 is 0 Å². The molecule has 1 aromatic rings. The van der Waals surface area contributed by atoms with Crippen molar-refractivity contribution in [2.24, 2.45) is 0 Å². The first kappa shape index (κ1) is 14.1. The second-order valence-corrected chi connectivity index (χ2v) is 5.81. The standard InChI is InChI=1S/C16H27N/c1-6-7-8-11-16(4,5)15-13(3)12(2)9-10-14(15)17/h9-10H,6-8,11,17H2,1-5H3. The third kappa shape index (κ3) is 3.24. The highest BCUT2D eigenvalue weighted by atomic mass is 14.6. The quantitative estimate of drug-likeness (QED) is 0.576. The lowest BCUT2D eigenvalue weighted by molar-refractivity contribution is 0.449. The highest BCUT2D eigenvalue weighted by Crippen LogP contribution is 2.36. The van der Waals surface area contributed by atoms with E-state index in [1.165, 1.54) is 42.4 Å². The highest BCUT2D eigenvalue weighted by Gasteiger charge is 2.24. The molecule has 0 fully saturated rings. The van der Waals surface area contributed by atoms with E-state index in [2.05, 4.69) is 46.8 Å². The van der Waals surface area contributed by atoms with Crippen molar-refractivity contribution in [1.29, 1.82) is 0 Å². The van der Waals surface area contributed by atoms with Gasteiger partial charge in [0.2, 0.25) is 0 Å². The van der Waals surface area contributed by atoms with E-state index in [0.717, 1.165) is 5.69 Å². The van der Waals surface area contributed by atoms with Gasteiger partial charge < -0.3 is 5.73 Å². The number of benzene rings is 1. The lowest BCUT2D eigenvalue weighted by Gasteiger charge is -2.29. The van der Waals surface area contributed by atoms with Gasteiger partial charge in [0.15, 0.2) is 0 Å². The molecule has 0 aliphatic heterocycles. The van der Waals surface area contributed by atoms with Crippen LogP contribution in [0.3, 0.4) is 0 Å². The fourth-order valence-electron chi connectivity index (χ4n) is 2.68.